The van der Waals surface area contributed by atoms with Gasteiger partial charge >= 0.3 is 5.69 Å². The smallest absolute Gasteiger partial charge is 0.354 e. The van der Waals surface area contributed by atoms with Gasteiger partial charge < -0.3 is 27.1 Å². The maximum Gasteiger partial charge on any atom is 0.354 e. The van der Waals surface area contributed by atoms with E-state index in [2.05, 4.69) is 59.4 Å². The Morgan fingerprint density at radius 3 is 2.34 bits per heavy atom. The third-order valence-corrected chi connectivity index (χ3v) is 8.71. The normalized spacial score (nSPS) is 13.6. The SMILES string of the molecule is CCNC(N)=NCCCN[C@@H](C)c1ccc(-n2cc3cc(C(C)(C)C)[nH]c3nc2=O)cc1.C[C@H](N)CCCc1cc(Cl)c(F)c(C(C)(C)C)c1. The number of aromatic nitrogens is 3. The highest BCUT2D eigenvalue weighted by Gasteiger charge is 2.21. The van der Waals surface area contributed by atoms with Crippen molar-refractivity contribution in [2.75, 3.05) is 19.6 Å². The second kappa shape index (κ2) is 18.0. The molecule has 274 valence electrons. The largest absolute Gasteiger partial charge is 0.370 e. The minimum Gasteiger partial charge on any atom is -0.370 e. The molecular formula is C39H58ClFN8O. The monoisotopic (exact) mass is 708 g/mol. The fourth-order valence-corrected chi connectivity index (χ4v) is 5.66. The number of aliphatic imine (C=N–C) groups is 1. The van der Waals surface area contributed by atoms with E-state index in [4.69, 9.17) is 23.1 Å². The number of H-pyrrole nitrogens is 1. The minimum absolute atomic E-state index is 0.0370. The highest BCUT2D eigenvalue weighted by atomic mass is 35.5. The van der Waals surface area contributed by atoms with Gasteiger partial charge in [0.15, 0.2) is 5.96 Å². The van der Waals surface area contributed by atoms with Crippen molar-refractivity contribution in [2.24, 2.45) is 16.5 Å². The molecule has 0 radical (unpaired) electrons. The molecule has 0 amide bonds. The molecule has 0 spiro atoms. The molecule has 0 aliphatic heterocycles. The van der Waals surface area contributed by atoms with Crippen LogP contribution in [0.25, 0.3) is 16.7 Å². The summed E-state index contributed by atoms with van der Waals surface area (Å²) in [7, 11) is 0. The number of nitrogens with zero attached hydrogens (tertiary/aromatic N) is 3. The zero-order chi connectivity index (χ0) is 37.2. The number of fused-ring (bicyclic) bond motifs is 1. The number of nitrogens with two attached hydrogens (primary N) is 2. The summed E-state index contributed by atoms with van der Waals surface area (Å²) in [6.07, 6.45) is 5.63. The van der Waals surface area contributed by atoms with Gasteiger partial charge in [-0.15, -0.1) is 0 Å². The average molecular weight is 709 g/mol. The highest BCUT2D eigenvalue weighted by molar-refractivity contribution is 6.30. The van der Waals surface area contributed by atoms with Crippen LogP contribution in [-0.2, 0) is 17.3 Å². The second-order valence-electron chi connectivity index (χ2n) is 15.1. The first-order valence-corrected chi connectivity index (χ1v) is 18.0. The molecule has 50 heavy (non-hydrogen) atoms. The second-order valence-corrected chi connectivity index (χ2v) is 15.5. The fraction of sp³-hybridized carbons (Fsp3) is 0.513. The van der Waals surface area contributed by atoms with E-state index in [1.54, 1.807) is 10.6 Å². The van der Waals surface area contributed by atoms with E-state index < -0.39 is 0 Å². The predicted octanol–water partition coefficient (Wildman–Crippen LogP) is 7.42. The summed E-state index contributed by atoms with van der Waals surface area (Å²) in [6.45, 7) is 20.8. The van der Waals surface area contributed by atoms with E-state index in [-0.39, 0.29) is 39.4 Å². The average Bonchev–Trinajstić information content (AvgIpc) is 3.45. The Kier molecular flexibility index (Phi) is 14.6. The lowest BCUT2D eigenvalue weighted by atomic mass is 9.85. The van der Waals surface area contributed by atoms with Crippen molar-refractivity contribution in [1.29, 1.82) is 0 Å². The van der Waals surface area contributed by atoms with Crippen LogP contribution in [0.3, 0.4) is 0 Å². The van der Waals surface area contributed by atoms with Crippen LogP contribution in [0, 0.1) is 5.82 Å². The molecule has 4 rings (SSSR count). The van der Waals surface area contributed by atoms with Crippen LogP contribution in [0.1, 0.15) is 110 Å². The molecule has 0 bridgehead atoms. The van der Waals surface area contributed by atoms with Crippen molar-refractivity contribution in [3.63, 3.8) is 0 Å². The number of aromatic amines is 1. The van der Waals surface area contributed by atoms with Crippen LogP contribution in [0.5, 0.6) is 0 Å². The first-order chi connectivity index (χ1) is 23.4. The quantitative estimate of drug-likeness (QED) is 0.0590. The van der Waals surface area contributed by atoms with Crippen molar-refractivity contribution >= 4 is 28.6 Å². The topological polar surface area (TPSA) is 139 Å². The molecule has 0 unspecified atom stereocenters. The van der Waals surface area contributed by atoms with Crippen molar-refractivity contribution in [3.05, 3.63) is 92.4 Å². The summed E-state index contributed by atoms with van der Waals surface area (Å²) < 4.78 is 15.6. The maximum absolute atomic E-state index is 14.0. The van der Waals surface area contributed by atoms with Crippen molar-refractivity contribution in [2.45, 2.75) is 111 Å². The maximum atomic E-state index is 14.0. The van der Waals surface area contributed by atoms with Gasteiger partial charge in [-0.1, -0.05) is 71.3 Å². The number of hydrogen-bond acceptors (Lipinski definition) is 5. The third-order valence-electron chi connectivity index (χ3n) is 8.43. The molecule has 0 fully saturated rings. The van der Waals surface area contributed by atoms with E-state index in [0.29, 0.717) is 23.7 Å². The Morgan fingerprint density at radius 1 is 1.06 bits per heavy atom. The van der Waals surface area contributed by atoms with Gasteiger partial charge in [0.2, 0.25) is 0 Å². The third kappa shape index (κ3) is 12.0. The number of hydrogen-bond donors (Lipinski definition) is 5. The number of benzene rings is 2. The lowest BCUT2D eigenvalue weighted by molar-refractivity contribution is 0.521. The molecular weight excluding hydrogens is 651 g/mol. The zero-order valence-electron chi connectivity index (χ0n) is 31.4. The Hall–Kier alpha value is -3.73. The summed E-state index contributed by atoms with van der Waals surface area (Å²) in [5.74, 6) is 0.202. The van der Waals surface area contributed by atoms with Gasteiger partial charge in [0, 0.05) is 47.9 Å². The molecule has 0 aliphatic carbocycles. The minimum atomic E-state index is -0.295. The molecule has 7 N–H and O–H groups in total. The summed E-state index contributed by atoms with van der Waals surface area (Å²) >= 11 is 5.97. The Balaban J connectivity index is 0.000000319. The summed E-state index contributed by atoms with van der Waals surface area (Å²) in [6, 6.07) is 14.1. The van der Waals surface area contributed by atoms with E-state index >= 15 is 0 Å². The lowest BCUT2D eigenvalue weighted by Crippen LogP contribution is -2.31. The lowest BCUT2D eigenvalue weighted by Gasteiger charge is -2.21. The van der Waals surface area contributed by atoms with Crippen LogP contribution < -0.4 is 27.8 Å². The van der Waals surface area contributed by atoms with Gasteiger partial charge in [0.05, 0.1) is 10.7 Å². The van der Waals surface area contributed by atoms with Crippen molar-refractivity contribution < 1.29 is 4.39 Å². The van der Waals surface area contributed by atoms with Gasteiger partial charge in [-0.3, -0.25) is 9.56 Å². The molecule has 0 saturated heterocycles. The highest BCUT2D eigenvalue weighted by Crippen LogP contribution is 2.31. The predicted molar refractivity (Wildman–Crippen MR) is 208 cm³/mol. The number of guanidine groups is 1. The molecule has 9 nitrogen and oxygen atoms in total. The van der Waals surface area contributed by atoms with Crippen LogP contribution in [-0.4, -0.2) is 46.2 Å². The molecule has 2 heterocycles. The van der Waals surface area contributed by atoms with Crippen LogP contribution in [0.4, 0.5) is 4.39 Å². The molecule has 2 aromatic carbocycles. The first-order valence-electron chi connectivity index (χ1n) is 17.6. The van der Waals surface area contributed by atoms with Gasteiger partial charge in [-0.25, -0.2) is 9.18 Å². The molecule has 2 atom stereocenters. The number of aryl methyl sites for hydroxylation is 1. The van der Waals surface area contributed by atoms with Crippen LogP contribution in [0.2, 0.25) is 5.02 Å². The van der Waals surface area contributed by atoms with Gasteiger partial charge in [0.25, 0.3) is 0 Å². The van der Waals surface area contributed by atoms with Crippen molar-refractivity contribution in [3.8, 4) is 5.69 Å². The zero-order valence-corrected chi connectivity index (χ0v) is 32.1. The molecule has 0 aliphatic rings. The summed E-state index contributed by atoms with van der Waals surface area (Å²) in [5.41, 5.74) is 16.3. The number of nitrogens with one attached hydrogen (secondary N) is 3. The number of rotatable bonds is 12. The van der Waals surface area contributed by atoms with Gasteiger partial charge in [-0.2, -0.15) is 4.98 Å². The van der Waals surface area contributed by atoms with E-state index in [1.165, 1.54) is 0 Å². The standard InChI is InChI=1S/C24H35N7O.C15H23ClFN/c1-6-26-22(25)28-13-7-12-27-16(2)17-8-10-19(11-9-17)31-15-18-14-20(24(3,4)5)29-21(18)30-23(31)32;1-10(18)6-5-7-11-8-12(15(2,3)4)14(17)13(16)9-11/h8-11,14-16,27H,6-7,12-13H2,1-5H3,(H3,25,26,28)(H,29,30,32);8-10H,5-7,18H2,1-4H3/t16-;10-/m00/s1. The van der Waals surface area contributed by atoms with Gasteiger partial charge in [-0.05, 0) is 99.4 Å². The Morgan fingerprint density at radius 2 is 1.74 bits per heavy atom. The van der Waals surface area contributed by atoms with E-state index in [0.717, 1.165) is 66.7 Å². The van der Waals surface area contributed by atoms with E-state index in [1.807, 2.05) is 71.1 Å². The van der Waals surface area contributed by atoms with Gasteiger partial charge in [0.1, 0.15) is 11.5 Å². The van der Waals surface area contributed by atoms with Crippen LogP contribution >= 0.6 is 11.6 Å². The Bertz CT molecular complexity index is 1760. The van der Waals surface area contributed by atoms with Crippen LogP contribution in [0.15, 0.2) is 58.4 Å². The summed E-state index contributed by atoms with van der Waals surface area (Å²) in [4.78, 5) is 24.4. The molecule has 2 aromatic heterocycles. The van der Waals surface area contributed by atoms with E-state index in [9.17, 15) is 9.18 Å². The van der Waals surface area contributed by atoms with Crippen molar-refractivity contribution in [1.82, 2.24) is 25.2 Å². The molecule has 11 heteroatoms. The molecule has 0 saturated carbocycles. The molecule has 4 aromatic rings. The fourth-order valence-electron chi connectivity index (χ4n) is 5.42. The Labute approximate surface area is 302 Å². The first kappa shape index (κ1) is 40.7. The summed E-state index contributed by atoms with van der Waals surface area (Å²) in [5, 5.41) is 7.63. The number of halogens is 2.